The molecule has 31 heavy (non-hydrogen) atoms. The van der Waals surface area contributed by atoms with Crippen LogP contribution in [0.15, 0.2) is 72.8 Å². The summed E-state index contributed by atoms with van der Waals surface area (Å²) in [5, 5.41) is 5.68. The number of nitrogens with one attached hydrogen (secondary N) is 2. The monoisotopic (exact) mass is 416 g/mol. The first-order valence-electron chi connectivity index (χ1n) is 10.5. The van der Waals surface area contributed by atoms with E-state index in [4.69, 9.17) is 4.74 Å². The van der Waals surface area contributed by atoms with E-state index >= 15 is 0 Å². The molecule has 2 amide bonds. The molecule has 0 bridgehead atoms. The summed E-state index contributed by atoms with van der Waals surface area (Å²) in [5.74, 6) is 0.0916. The normalized spacial score (nSPS) is 10.4. The van der Waals surface area contributed by atoms with Crippen LogP contribution < -0.4 is 15.4 Å². The molecule has 160 valence electrons. The minimum atomic E-state index is -0.243. The van der Waals surface area contributed by atoms with E-state index in [9.17, 15) is 9.59 Å². The van der Waals surface area contributed by atoms with Crippen molar-refractivity contribution in [2.75, 3.05) is 17.2 Å². The smallest absolute Gasteiger partial charge is 0.262 e. The second kappa shape index (κ2) is 11.0. The molecule has 3 aromatic rings. The lowest BCUT2D eigenvalue weighted by Gasteiger charge is -2.09. The molecule has 5 heteroatoms. The van der Waals surface area contributed by atoms with E-state index in [1.807, 2.05) is 55.5 Å². The number of unbranched alkanes of at least 4 members (excludes halogenated alkanes) is 1. The second-order valence-corrected chi connectivity index (χ2v) is 7.48. The van der Waals surface area contributed by atoms with Crippen molar-refractivity contribution in [3.8, 4) is 5.75 Å². The fraction of sp³-hybridized carbons (Fsp3) is 0.231. The summed E-state index contributed by atoms with van der Waals surface area (Å²) in [6.07, 6.45) is 3.37. The summed E-state index contributed by atoms with van der Waals surface area (Å²) in [6, 6.07) is 22.2. The van der Waals surface area contributed by atoms with Crippen LogP contribution in [0.1, 0.15) is 41.3 Å². The Labute approximate surface area is 183 Å². The number of aryl methyl sites for hydroxylation is 2. The van der Waals surface area contributed by atoms with Gasteiger partial charge in [-0.05, 0) is 73.9 Å². The summed E-state index contributed by atoms with van der Waals surface area (Å²) in [5.41, 5.74) is 4.41. The number of hydrogen-bond donors (Lipinski definition) is 2. The second-order valence-electron chi connectivity index (χ2n) is 7.48. The minimum Gasteiger partial charge on any atom is -0.484 e. The number of benzene rings is 3. The molecule has 0 aliphatic carbocycles. The van der Waals surface area contributed by atoms with Gasteiger partial charge in [0.05, 0.1) is 0 Å². The summed E-state index contributed by atoms with van der Waals surface area (Å²) >= 11 is 0. The van der Waals surface area contributed by atoms with Crippen molar-refractivity contribution < 1.29 is 14.3 Å². The molecular formula is C26H28N2O3. The molecule has 0 heterocycles. The Morgan fingerprint density at radius 1 is 0.806 bits per heavy atom. The minimum absolute atomic E-state index is 0.107. The van der Waals surface area contributed by atoms with Crippen LogP contribution in [0.5, 0.6) is 5.75 Å². The van der Waals surface area contributed by atoms with Crippen molar-refractivity contribution in [3.05, 3.63) is 89.5 Å². The van der Waals surface area contributed by atoms with Gasteiger partial charge in [0.15, 0.2) is 6.61 Å². The van der Waals surface area contributed by atoms with E-state index in [0.717, 1.165) is 36.2 Å². The van der Waals surface area contributed by atoms with Gasteiger partial charge in [-0.25, -0.2) is 0 Å². The summed E-state index contributed by atoms with van der Waals surface area (Å²) in [4.78, 5) is 24.5. The summed E-state index contributed by atoms with van der Waals surface area (Å²) in [7, 11) is 0. The fourth-order valence-electron chi connectivity index (χ4n) is 3.02. The molecule has 3 aromatic carbocycles. The highest BCUT2D eigenvalue weighted by Gasteiger charge is 2.08. The Kier molecular flexibility index (Phi) is 7.82. The molecule has 0 aromatic heterocycles. The lowest BCUT2D eigenvalue weighted by atomic mass is 10.1. The van der Waals surface area contributed by atoms with Crippen LogP contribution in [0.25, 0.3) is 0 Å². The molecule has 0 fully saturated rings. The van der Waals surface area contributed by atoms with Crippen molar-refractivity contribution in [2.45, 2.75) is 33.1 Å². The number of carbonyl (C=O) groups excluding carboxylic acids is 2. The van der Waals surface area contributed by atoms with Crippen LogP contribution in [0, 0.1) is 6.92 Å². The predicted octanol–water partition coefficient (Wildman–Crippen LogP) is 5.61. The SMILES string of the molecule is CCCCc1ccc(NC(=O)c2ccc(OCC(=O)Nc3ccc(C)cc3)cc2)cc1. The molecule has 0 atom stereocenters. The van der Waals surface area contributed by atoms with Crippen LogP contribution in [0.4, 0.5) is 11.4 Å². The number of anilines is 2. The third-order valence-electron chi connectivity index (χ3n) is 4.85. The van der Waals surface area contributed by atoms with Gasteiger partial charge in [0.25, 0.3) is 11.8 Å². The number of amides is 2. The average Bonchev–Trinajstić information content (AvgIpc) is 2.79. The van der Waals surface area contributed by atoms with Crippen LogP contribution in [-0.2, 0) is 11.2 Å². The summed E-state index contributed by atoms with van der Waals surface area (Å²) < 4.78 is 5.52. The molecule has 0 spiro atoms. The van der Waals surface area contributed by atoms with Gasteiger partial charge >= 0.3 is 0 Å². The fourth-order valence-corrected chi connectivity index (χ4v) is 3.02. The van der Waals surface area contributed by atoms with Gasteiger partial charge in [-0.3, -0.25) is 9.59 Å². The van der Waals surface area contributed by atoms with Crippen molar-refractivity contribution >= 4 is 23.2 Å². The predicted molar refractivity (Wildman–Crippen MR) is 125 cm³/mol. The number of rotatable bonds is 9. The van der Waals surface area contributed by atoms with Gasteiger partial charge < -0.3 is 15.4 Å². The molecular weight excluding hydrogens is 388 g/mol. The zero-order chi connectivity index (χ0) is 22.1. The maximum atomic E-state index is 12.5. The quantitative estimate of drug-likeness (QED) is 0.477. The third-order valence-corrected chi connectivity index (χ3v) is 4.85. The number of ether oxygens (including phenoxy) is 1. The zero-order valence-electron chi connectivity index (χ0n) is 18.0. The van der Waals surface area contributed by atoms with E-state index in [1.165, 1.54) is 5.56 Å². The van der Waals surface area contributed by atoms with Crippen LogP contribution in [0.2, 0.25) is 0 Å². The number of carbonyl (C=O) groups is 2. The zero-order valence-corrected chi connectivity index (χ0v) is 18.0. The molecule has 0 unspecified atom stereocenters. The Morgan fingerprint density at radius 3 is 2.06 bits per heavy atom. The molecule has 5 nitrogen and oxygen atoms in total. The van der Waals surface area contributed by atoms with E-state index in [0.29, 0.717) is 11.3 Å². The van der Waals surface area contributed by atoms with Gasteiger partial charge in [-0.1, -0.05) is 43.2 Å². The average molecular weight is 417 g/mol. The van der Waals surface area contributed by atoms with E-state index in [1.54, 1.807) is 24.3 Å². The maximum absolute atomic E-state index is 12.5. The third kappa shape index (κ3) is 7.00. The molecule has 3 rings (SSSR count). The standard InChI is InChI=1S/C26H28N2O3/c1-3-4-5-20-8-14-23(15-9-20)28-26(30)21-10-16-24(17-11-21)31-18-25(29)27-22-12-6-19(2)7-13-22/h6-17H,3-5,18H2,1-2H3,(H,27,29)(H,28,30). The highest BCUT2D eigenvalue weighted by atomic mass is 16.5. The lowest BCUT2D eigenvalue weighted by Crippen LogP contribution is -2.20. The highest BCUT2D eigenvalue weighted by Crippen LogP contribution is 2.16. The van der Waals surface area contributed by atoms with E-state index in [2.05, 4.69) is 17.6 Å². The molecule has 0 saturated carbocycles. The Balaban J connectivity index is 1.48. The van der Waals surface area contributed by atoms with Crippen LogP contribution in [0.3, 0.4) is 0 Å². The van der Waals surface area contributed by atoms with E-state index in [-0.39, 0.29) is 18.4 Å². The van der Waals surface area contributed by atoms with E-state index < -0.39 is 0 Å². The van der Waals surface area contributed by atoms with Gasteiger partial charge in [0.2, 0.25) is 0 Å². The first kappa shape index (κ1) is 22.1. The molecule has 0 aliphatic heterocycles. The molecule has 2 N–H and O–H groups in total. The Morgan fingerprint density at radius 2 is 1.42 bits per heavy atom. The molecule has 0 radical (unpaired) electrons. The van der Waals surface area contributed by atoms with Crippen molar-refractivity contribution in [1.29, 1.82) is 0 Å². The lowest BCUT2D eigenvalue weighted by molar-refractivity contribution is -0.118. The van der Waals surface area contributed by atoms with Crippen molar-refractivity contribution in [1.82, 2.24) is 0 Å². The van der Waals surface area contributed by atoms with Gasteiger partial charge in [0.1, 0.15) is 5.75 Å². The topological polar surface area (TPSA) is 67.4 Å². The van der Waals surface area contributed by atoms with Gasteiger partial charge in [0, 0.05) is 16.9 Å². The van der Waals surface area contributed by atoms with Gasteiger partial charge in [-0.15, -0.1) is 0 Å². The highest BCUT2D eigenvalue weighted by molar-refractivity contribution is 6.04. The summed E-state index contributed by atoms with van der Waals surface area (Å²) in [6.45, 7) is 4.05. The van der Waals surface area contributed by atoms with Gasteiger partial charge in [-0.2, -0.15) is 0 Å². The first-order valence-corrected chi connectivity index (χ1v) is 10.5. The van der Waals surface area contributed by atoms with Crippen molar-refractivity contribution in [3.63, 3.8) is 0 Å². The Bertz CT molecular complexity index is 994. The van der Waals surface area contributed by atoms with Crippen LogP contribution in [-0.4, -0.2) is 18.4 Å². The number of hydrogen-bond acceptors (Lipinski definition) is 3. The molecule has 0 saturated heterocycles. The molecule has 0 aliphatic rings. The van der Waals surface area contributed by atoms with Crippen LogP contribution >= 0.6 is 0 Å². The first-order chi connectivity index (χ1) is 15.0. The Hall–Kier alpha value is -3.60. The largest absolute Gasteiger partial charge is 0.484 e. The maximum Gasteiger partial charge on any atom is 0.262 e. The van der Waals surface area contributed by atoms with Crippen molar-refractivity contribution in [2.24, 2.45) is 0 Å².